The molecule has 0 saturated carbocycles. The van der Waals surface area contributed by atoms with Gasteiger partial charge in [0.2, 0.25) is 0 Å². The lowest BCUT2D eigenvalue weighted by Crippen LogP contribution is -2.28. The summed E-state index contributed by atoms with van der Waals surface area (Å²) in [5, 5.41) is 6.35. The number of carbonyl (C=O) groups excluding carboxylic acids is 1. The molecular weight excluding hydrogens is 272 g/mol. The fraction of sp³-hybridized carbons (Fsp3) is 0.188. The molecule has 2 aromatic rings. The highest BCUT2D eigenvalue weighted by Crippen LogP contribution is 2.15. The Kier molecular flexibility index (Phi) is 4.64. The van der Waals surface area contributed by atoms with E-state index < -0.39 is 0 Å². The first-order valence-electron chi connectivity index (χ1n) is 6.41. The van der Waals surface area contributed by atoms with Crippen molar-refractivity contribution in [2.45, 2.75) is 20.4 Å². The Bertz CT molecular complexity index is 608. The Morgan fingerprint density at radius 1 is 1.10 bits per heavy atom. The first-order chi connectivity index (χ1) is 9.54. The second kappa shape index (κ2) is 6.44. The van der Waals surface area contributed by atoms with Gasteiger partial charge in [-0.2, -0.15) is 0 Å². The number of aryl methyl sites for hydroxylation is 2. The Morgan fingerprint density at radius 3 is 2.45 bits per heavy atom. The summed E-state index contributed by atoms with van der Waals surface area (Å²) in [4.78, 5) is 11.8. The molecule has 0 aliphatic carbocycles. The number of carbonyl (C=O) groups is 1. The smallest absolute Gasteiger partial charge is 0.319 e. The molecule has 0 radical (unpaired) electrons. The van der Waals surface area contributed by atoms with Gasteiger partial charge in [-0.05, 0) is 43.2 Å². The average Bonchev–Trinajstić information content (AvgIpc) is 2.41. The monoisotopic (exact) mass is 288 g/mol. The van der Waals surface area contributed by atoms with Crippen LogP contribution in [0.3, 0.4) is 0 Å². The van der Waals surface area contributed by atoms with Crippen molar-refractivity contribution in [1.82, 2.24) is 5.32 Å². The molecule has 0 bridgehead atoms. The predicted octanol–water partition coefficient (Wildman–Crippen LogP) is 4.28. The van der Waals surface area contributed by atoms with Crippen molar-refractivity contribution in [2.24, 2.45) is 0 Å². The highest BCUT2D eigenvalue weighted by Gasteiger charge is 2.04. The number of urea groups is 1. The van der Waals surface area contributed by atoms with Crippen LogP contribution in [0.4, 0.5) is 10.5 Å². The van der Waals surface area contributed by atoms with Crippen LogP contribution in [0.1, 0.15) is 16.7 Å². The quantitative estimate of drug-likeness (QED) is 0.869. The van der Waals surface area contributed by atoms with Crippen molar-refractivity contribution in [2.75, 3.05) is 5.32 Å². The highest BCUT2D eigenvalue weighted by molar-refractivity contribution is 6.30. The first kappa shape index (κ1) is 14.4. The molecular formula is C16H17ClN2O. The SMILES string of the molecule is Cc1ccc(NC(=O)NCc2ccc(Cl)cc2)c(C)c1. The summed E-state index contributed by atoms with van der Waals surface area (Å²) in [6.07, 6.45) is 0. The number of benzene rings is 2. The van der Waals surface area contributed by atoms with Gasteiger partial charge in [0, 0.05) is 17.3 Å². The zero-order valence-electron chi connectivity index (χ0n) is 11.5. The molecule has 0 aromatic heterocycles. The van der Waals surface area contributed by atoms with E-state index in [2.05, 4.69) is 10.6 Å². The Labute approximate surface area is 124 Å². The van der Waals surface area contributed by atoms with Crippen molar-refractivity contribution in [1.29, 1.82) is 0 Å². The number of amides is 2. The molecule has 0 heterocycles. The summed E-state index contributed by atoms with van der Waals surface area (Å²) < 4.78 is 0. The predicted molar refractivity (Wildman–Crippen MR) is 83.2 cm³/mol. The van der Waals surface area contributed by atoms with Gasteiger partial charge in [0.05, 0.1) is 0 Å². The minimum Gasteiger partial charge on any atom is -0.334 e. The van der Waals surface area contributed by atoms with Crippen LogP contribution >= 0.6 is 11.6 Å². The van der Waals surface area contributed by atoms with E-state index in [0.717, 1.165) is 16.8 Å². The summed E-state index contributed by atoms with van der Waals surface area (Å²) in [5.41, 5.74) is 4.05. The molecule has 2 amide bonds. The van der Waals surface area contributed by atoms with E-state index in [0.29, 0.717) is 11.6 Å². The third-order valence-corrected chi connectivity index (χ3v) is 3.25. The fourth-order valence-electron chi connectivity index (χ4n) is 1.90. The number of hydrogen-bond donors (Lipinski definition) is 2. The first-order valence-corrected chi connectivity index (χ1v) is 6.79. The molecule has 104 valence electrons. The van der Waals surface area contributed by atoms with E-state index in [1.54, 1.807) is 12.1 Å². The molecule has 0 saturated heterocycles. The maximum Gasteiger partial charge on any atom is 0.319 e. The molecule has 2 rings (SSSR count). The van der Waals surface area contributed by atoms with Crippen LogP contribution in [0.5, 0.6) is 0 Å². The Hall–Kier alpha value is -2.00. The minimum atomic E-state index is -0.216. The minimum absolute atomic E-state index is 0.216. The van der Waals surface area contributed by atoms with Gasteiger partial charge in [0.1, 0.15) is 0 Å². The second-order valence-electron chi connectivity index (χ2n) is 4.75. The summed E-state index contributed by atoms with van der Waals surface area (Å²) in [6.45, 7) is 4.47. The van der Waals surface area contributed by atoms with Crippen molar-refractivity contribution < 1.29 is 4.79 Å². The summed E-state index contributed by atoms with van der Waals surface area (Å²) in [7, 11) is 0. The molecule has 4 heteroatoms. The fourth-order valence-corrected chi connectivity index (χ4v) is 2.03. The molecule has 0 atom stereocenters. The molecule has 0 unspecified atom stereocenters. The van der Waals surface area contributed by atoms with Gasteiger partial charge in [-0.15, -0.1) is 0 Å². The van der Waals surface area contributed by atoms with Crippen molar-refractivity contribution in [3.8, 4) is 0 Å². The number of nitrogens with one attached hydrogen (secondary N) is 2. The average molecular weight is 289 g/mol. The molecule has 0 fully saturated rings. The summed E-state index contributed by atoms with van der Waals surface area (Å²) >= 11 is 5.81. The molecule has 0 aliphatic heterocycles. The van der Waals surface area contributed by atoms with E-state index in [9.17, 15) is 4.79 Å². The van der Waals surface area contributed by atoms with E-state index in [-0.39, 0.29) is 6.03 Å². The van der Waals surface area contributed by atoms with Crippen LogP contribution in [-0.4, -0.2) is 6.03 Å². The second-order valence-corrected chi connectivity index (χ2v) is 5.19. The summed E-state index contributed by atoms with van der Waals surface area (Å²) in [6, 6.07) is 13.1. The lowest BCUT2D eigenvalue weighted by molar-refractivity contribution is 0.251. The van der Waals surface area contributed by atoms with Crippen molar-refractivity contribution in [3.05, 3.63) is 64.2 Å². The molecule has 2 aromatic carbocycles. The number of rotatable bonds is 3. The van der Waals surface area contributed by atoms with Gasteiger partial charge in [0.15, 0.2) is 0 Å². The van der Waals surface area contributed by atoms with Gasteiger partial charge >= 0.3 is 6.03 Å². The third-order valence-electron chi connectivity index (χ3n) is 3.00. The molecule has 0 aliphatic rings. The van der Waals surface area contributed by atoms with Crippen molar-refractivity contribution >= 4 is 23.3 Å². The number of hydrogen-bond acceptors (Lipinski definition) is 1. The number of halogens is 1. The van der Waals surface area contributed by atoms with Crippen LogP contribution in [-0.2, 0) is 6.54 Å². The van der Waals surface area contributed by atoms with Gasteiger partial charge < -0.3 is 10.6 Å². The van der Waals surface area contributed by atoms with Gasteiger partial charge in [-0.25, -0.2) is 4.79 Å². The molecule has 2 N–H and O–H groups in total. The van der Waals surface area contributed by atoms with Crippen LogP contribution in [0, 0.1) is 13.8 Å². The van der Waals surface area contributed by atoms with Crippen LogP contribution < -0.4 is 10.6 Å². The van der Waals surface area contributed by atoms with E-state index in [1.807, 2.05) is 44.2 Å². The van der Waals surface area contributed by atoms with Gasteiger partial charge in [0.25, 0.3) is 0 Å². The van der Waals surface area contributed by atoms with Crippen LogP contribution in [0.2, 0.25) is 5.02 Å². The van der Waals surface area contributed by atoms with Crippen molar-refractivity contribution in [3.63, 3.8) is 0 Å². The third kappa shape index (κ3) is 4.00. The maximum absolute atomic E-state index is 11.8. The molecule has 0 spiro atoms. The van der Waals surface area contributed by atoms with Crippen LogP contribution in [0.15, 0.2) is 42.5 Å². The zero-order valence-corrected chi connectivity index (χ0v) is 12.3. The standard InChI is InChI=1S/C16H17ClN2O/c1-11-3-8-15(12(2)9-11)19-16(20)18-10-13-4-6-14(17)7-5-13/h3-9H,10H2,1-2H3,(H2,18,19,20). The van der Waals surface area contributed by atoms with Gasteiger partial charge in [-0.3, -0.25) is 0 Å². The molecule has 3 nitrogen and oxygen atoms in total. The Morgan fingerprint density at radius 2 is 1.80 bits per heavy atom. The number of anilines is 1. The Balaban J connectivity index is 1.90. The normalized spacial score (nSPS) is 10.2. The lowest BCUT2D eigenvalue weighted by atomic mass is 10.1. The van der Waals surface area contributed by atoms with E-state index in [1.165, 1.54) is 5.56 Å². The lowest BCUT2D eigenvalue weighted by Gasteiger charge is -2.10. The maximum atomic E-state index is 11.8. The zero-order chi connectivity index (χ0) is 14.5. The molecule has 20 heavy (non-hydrogen) atoms. The largest absolute Gasteiger partial charge is 0.334 e. The van der Waals surface area contributed by atoms with Gasteiger partial charge in [-0.1, -0.05) is 41.4 Å². The summed E-state index contributed by atoms with van der Waals surface area (Å²) in [5.74, 6) is 0. The van der Waals surface area contributed by atoms with Crippen LogP contribution in [0.25, 0.3) is 0 Å². The van der Waals surface area contributed by atoms with E-state index >= 15 is 0 Å². The van der Waals surface area contributed by atoms with E-state index in [4.69, 9.17) is 11.6 Å². The highest BCUT2D eigenvalue weighted by atomic mass is 35.5. The topological polar surface area (TPSA) is 41.1 Å².